The van der Waals surface area contributed by atoms with Crippen molar-refractivity contribution in [3.63, 3.8) is 0 Å². The first-order chi connectivity index (χ1) is 27.3. The molecule has 254 valence electrons. The topological polar surface area (TPSA) is 9.23 Å². The van der Waals surface area contributed by atoms with Crippen molar-refractivity contribution in [3.05, 3.63) is 239 Å². The molecular formula is C54H32O. The maximum Gasteiger partial charge on any atom is 0.132 e. The molecular weight excluding hydrogens is 665 g/mol. The smallest absolute Gasteiger partial charge is 0.132 e. The highest BCUT2D eigenvalue weighted by atomic mass is 16.5. The third-order valence-electron chi connectivity index (χ3n) is 13.2. The van der Waals surface area contributed by atoms with Crippen molar-refractivity contribution in [2.45, 2.75) is 10.8 Å². The van der Waals surface area contributed by atoms with E-state index < -0.39 is 10.8 Å². The molecule has 0 saturated heterocycles. The Balaban J connectivity index is 1.07. The largest absolute Gasteiger partial charge is 0.457 e. The van der Waals surface area contributed by atoms with E-state index in [2.05, 4.69) is 194 Å². The van der Waals surface area contributed by atoms with E-state index in [0.717, 1.165) is 11.5 Å². The number of rotatable bonds is 1. The summed E-state index contributed by atoms with van der Waals surface area (Å²) in [7, 11) is 0. The molecule has 0 aromatic heterocycles. The van der Waals surface area contributed by atoms with Gasteiger partial charge in [0.25, 0.3) is 0 Å². The number of ether oxygens (including phenoxy) is 1. The van der Waals surface area contributed by atoms with Crippen LogP contribution in [-0.2, 0) is 10.8 Å². The van der Waals surface area contributed by atoms with E-state index in [0.29, 0.717) is 0 Å². The molecule has 0 saturated carbocycles. The molecule has 0 bridgehead atoms. The van der Waals surface area contributed by atoms with E-state index in [1.165, 1.54) is 99.8 Å². The quantitative estimate of drug-likeness (QED) is 0.166. The van der Waals surface area contributed by atoms with Gasteiger partial charge < -0.3 is 4.74 Å². The van der Waals surface area contributed by atoms with Gasteiger partial charge in [0.05, 0.1) is 10.8 Å². The highest BCUT2D eigenvalue weighted by molar-refractivity contribution is 6.07. The highest BCUT2D eigenvalue weighted by Gasteiger charge is 2.52. The standard InChI is InChI=1S/C54H32O/c1-5-20-42-36(15-1)37-16-2-6-21-43(37)54(42)47-24-9-10-26-50(47)55-51-30-28-35(32-49(51)54)34-27-29-46-41(31-34)39-18-4-8-23-45(39)53(46)44-22-7-3-17-38(44)40-19-11-13-33-14-12-25-48(53)52(33)40/h1-32H. The summed E-state index contributed by atoms with van der Waals surface area (Å²) >= 11 is 0. The molecule has 1 heterocycles. The zero-order valence-corrected chi connectivity index (χ0v) is 29.9. The van der Waals surface area contributed by atoms with Crippen molar-refractivity contribution in [1.29, 1.82) is 0 Å². The van der Waals surface area contributed by atoms with E-state index >= 15 is 0 Å². The first-order valence-electron chi connectivity index (χ1n) is 19.3. The Hall–Kier alpha value is -6.96. The summed E-state index contributed by atoms with van der Waals surface area (Å²) in [5.41, 5.74) is 19.7. The Labute approximate surface area is 319 Å². The number of benzene rings is 9. The molecule has 0 radical (unpaired) electrons. The van der Waals surface area contributed by atoms with Gasteiger partial charge in [-0.05, 0) is 113 Å². The van der Waals surface area contributed by atoms with Crippen LogP contribution in [0.5, 0.6) is 11.5 Å². The molecule has 1 unspecified atom stereocenters. The average Bonchev–Trinajstić information content (AvgIpc) is 3.71. The van der Waals surface area contributed by atoms with Crippen LogP contribution in [0.3, 0.4) is 0 Å². The lowest BCUT2D eigenvalue weighted by molar-refractivity contribution is 0.436. The second-order valence-corrected chi connectivity index (χ2v) is 15.5. The number of fused-ring (bicyclic) bond motifs is 18. The third-order valence-corrected chi connectivity index (χ3v) is 13.2. The van der Waals surface area contributed by atoms with Crippen LogP contribution in [0.4, 0.5) is 0 Å². The van der Waals surface area contributed by atoms with Gasteiger partial charge in [-0.1, -0.05) is 170 Å². The molecule has 0 amide bonds. The lowest BCUT2D eigenvalue weighted by atomic mass is 9.61. The maximum atomic E-state index is 6.77. The summed E-state index contributed by atoms with van der Waals surface area (Å²) in [4.78, 5) is 0. The van der Waals surface area contributed by atoms with E-state index in [4.69, 9.17) is 4.74 Å². The van der Waals surface area contributed by atoms with Crippen molar-refractivity contribution >= 4 is 10.8 Å². The van der Waals surface area contributed by atoms with Crippen LogP contribution < -0.4 is 4.74 Å². The van der Waals surface area contributed by atoms with Gasteiger partial charge in [0.2, 0.25) is 0 Å². The summed E-state index contributed by atoms with van der Waals surface area (Å²) < 4.78 is 6.77. The lowest BCUT2D eigenvalue weighted by Gasteiger charge is -2.40. The van der Waals surface area contributed by atoms with Gasteiger partial charge in [0.15, 0.2) is 0 Å². The van der Waals surface area contributed by atoms with E-state index in [-0.39, 0.29) is 0 Å². The molecule has 1 atom stereocenters. The molecule has 4 aliphatic rings. The van der Waals surface area contributed by atoms with Crippen molar-refractivity contribution in [2.24, 2.45) is 0 Å². The number of hydrogen-bond acceptors (Lipinski definition) is 1. The fraction of sp³-hybridized carbons (Fsp3) is 0.0370. The van der Waals surface area contributed by atoms with Gasteiger partial charge in [0, 0.05) is 11.1 Å². The molecule has 0 N–H and O–H groups in total. The van der Waals surface area contributed by atoms with Gasteiger partial charge in [-0.25, -0.2) is 0 Å². The third kappa shape index (κ3) is 3.46. The fourth-order valence-corrected chi connectivity index (χ4v) is 11.1. The molecule has 1 aliphatic heterocycles. The predicted molar refractivity (Wildman–Crippen MR) is 223 cm³/mol. The minimum absolute atomic E-state index is 0.427. The summed E-state index contributed by atoms with van der Waals surface area (Å²) in [6.07, 6.45) is 0. The van der Waals surface area contributed by atoms with Gasteiger partial charge in [-0.2, -0.15) is 0 Å². The first-order valence-corrected chi connectivity index (χ1v) is 19.3. The Kier molecular flexibility index (Phi) is 5.56. The Bertz CT molecular complexity index is 3100. The Morgan fingerprint density at radius 3 is 1.38 bits per heavy atom. The molecule has 55 heavy (non-hydrogen) atoms. The Morgan fingerprint density at radius 2 is 0.709 bits per heavy atom. The zero-order valence-electron chi connectivity index (χ0n) is 29.9. The van der Waals surface area contributed by atoms with Crippen LogP contribution in [0.2, 0.25) is 0 Å². The van der Waals surface area contributed by atoms with Gasteiger partial charge in [-0.3, -0.25) is 0 Å². The van der Waals surface area contributed by atoms with Crippen LogP contribution in [-0.4, -0.2) is 0 Å². The van der Waals surface area contributed by atoms with Gasteiger partial charge >= 0.3 is 0 Å². The highest BCUT2D eigenvalue weighted by Crippen LogP contribution is 2.64. The first kappa shape index (κ1) is 29.5. The van der Waals surface area contributed by atoms with Gasteiger partial charge in [-0.15, -0.1) is 0 Å². The second-order valence-electron chi connectivity index (χ2n) is 15.5. The number of para-hydroxylation sites is 1. The number of hydrogen-bond donors (Lipinski definition) is 0. The zero-order chi connectivity index (χ0) is 35.9. The minimum atomic E-state index is -0.501. The molecule has 1 heteroatoms. The molecule has 3 aliphatic carbocycles. The molecule has 1 nitrogen and oxygen atoms in total. The monoisotopic (exact) mass is 696 g/mol. The molecule has 0 fully saturated rings. The maximum absolute atomic E-state index is 6.77. The average molecular weight is 697 g/mol. The SMILES string of the molecule is c1ccc2c(c1)Oc1ccc(-c3ccc4c(c3)-c3ccccc3C43c4ccccc4-c4cccc5cccc3c45)cc1C21c2ccccc2-c2ccccc21. The molecule has 9 aromatic rings. The van der Waals surface area contributed by atoms with Crippen LogP contribution in [0.15, 0.2) is 194 Å². The summed E-state index contributed by atoms with van der Waals surface area (Å²) in [5, 5.41) is 2.64. The van der Waals surface area contributed by atoms with Crippen molar-refractivity contribution in [1.82, 2.24) is 0 Å². The van der Waals surface area contributed by atoms with Crippen LogP contribution in [0.1, 0.15) is 44.5 Å². The summed E-state index contributed by atoms with van der Waals surface area (Å²) in [6.45, 7) is 0. The summed E-state index contributed by atoms with van der Waals surface area (Å²) in [6, 6.07) is 72.4. The molecule has 13 rings (SSSR count). The van der Waals surface area contributed by atoms with Crippen molar-refractivity contribution in [3.8, 4) is 56.0 Å². The predicted octanol–water partition coefficient (Wildman–Crippen LogP) is 13.3. The van der Waals surface area contributed by atoms with Crippen LogP contribution in [0.25, 0.3) is 55.3 Å². The van der Waals surface area contributed by atoms with Crippen molar-refractivity contribution in [2.75, 3.05) is 0 Å². The van der Waals surface area contributed by atoms with Gasteiger partial charge in [0.1, 0.15) is 11.5 Å². The van der Waals surface area contributed by atoms with Crippen molar-refractivity contribution < 1.29 is 4.74 Å². The normalized spacial score (nSPS) is 16.7. The summed E-state index contributed by atoms with van der Waals surface area (Å²) in [5.74, 6) is 1.82. The van der Waals surface area contributed by atoms with E-state index in [1.54, 1.807) is 0 Å². The molecule has 2 spiro atoms. The lowest BCUT2D eigenvalue weighted by Crippen LogP contribution is -2.32. The molecule has 9 aromatic carbocycles. The van der Waals surface area contributed by atoms with Crippen LogP contribution >= 0.6 is 0 Å². The van der Waals surface area contributed by atoms with E-state index in [9.17, 15) is 0 Å². The second kappa shape index (κ2) is 10.4. The van der Waals surface area contributed by atoms with Crippen LogP contribution in [0, 0.1) is 0 Å². The van der Waals surface area contributed by atoms with E-state index in [1.807, 2.05) is 0 Å². The minimum Gasteiger partial charge on any atom is -0.457 e. The Morgan fingerprint density at radius 1 is 0.273 bits per heavy atom. The fourth-order valence-electron chi connectivity index (χ4n) is 11.1.